The highest BCUT2D eigenvalue weighted by Crippen LogP contribution is 2.32. The minimum Gasteiger partial charge on any atom is -0.486 e. The van der Waals surface area contributed by atoms with Crippen molar-refractivity contribution in [2.45, 2.75) is 30.7 Å². The molecule has 0 saturated heterocycles. The fourth-order valence-corrected chi connectivity index (χ4v) is 4.69. The summed E-state index contributed by atoms with van der Waals surface area (Å²) in [7, 11) is -3.93. The molecule has 1 heterocycles. The molecule has 2 aromatic rings. The number of sulfonamides is 1. The first kappa shape index (κ1) is 22.5. The van der Waals surface area contributed by atoms with Gasteiger partial charge in [-0.05, 0) is 54.7 Å². The highest BCUT2D eigenvalue weighted by Gasteiger charge is 2.27. The summed E-state index contributed by atoms with van der Waals surface area (Å²) >= 11 is 1.55. The van der Waals surface area contributed by atoms with Crippen molar-refractivity contribution in [2.24, 2.45) is 0 Å². The Hall–Kier alpha value is -2.23. The van der Waals surface area contributed by atoms with E-state index in [0.29, 0.717) is 42.6 Å². The number of thioether (sulfide) groups is 1. The van der Waals surface area contributed by atoms with Gasteiger partial charge in [-0.3, -0.25) is 4.79 Å². The van der Waals surface area contributed by atoms with E-state index in [9.17, 15) is 13.2 Å². The van der Waals surface area contributed by atoms with Crippen LogP contribution >= 0.6 is 11.8 Å². The van der Waals surface area contributed by atoms with E-state index in [2.05, 4.69) is 17.0 Å². The summed E-state index contributed by atoms with van der Waals surface area (Å²) in [6.45, 7) is 2.84. The zero-order chi connectivity index (χ0) is 21.6. The number of amides is 1. The number of fused-ring (bicyclic) bond motifs is 1. The van der Waals surface area contributed by atoms with Crippen LogP contribution in [0, 0.1) is 0 Å². The van der Waals surface area contributed by atoms with E-state index in [0.717, 1.165) is 12.0 Å². The van der Waals surface area contributed by atoms with Crippen LogP contribution in [0.25, 0.3) is 0 Å². The minimum atomic E-state index is -3.93. The highest BCUT2D eigenvalue weighted by molar-refractivity contribution is 7.98. The fraction of sp³-hybridized carbons (Fsp3) is 0.381. The maximum Gasteiger partial charge on any atom is 0.242 e. The van der Waals surface area contributed by atoms with Gasteiger partial charge in [0.25, 0.3) is 0 Å². The van der Waals surface area contributed by atoms with Gasteiger partial charge in [0.1, 0.15) is 19.3 Å². The lowest BCUT2D eigenvalue weighted by Gasteiger charge is -2.21. The lowest BCUT2D eigenvalue weighted by atomic mass is 10.1. The highest BCUT2D eigenvalue weighted by atomic mass is 32.2. The van der Waals surface area contributed by atoms with Crippen LogP contribution in [0.4, 0.5) is 5.69 Å². The van der Waals surface area contributed by atoms with E-state index < -0.39 is 22.0 Å². The summed E-state index contributed by atoms with van der Waals surface area (Å²) < 4.78 is 39.3. The van der Waals surface area contributed by atoms with Crippen molar-refractivity contribution in [2.75, 3.05) is 30.5 Å². The number of carbonyl (C=O) groups excluding carboxylic acids is 1. The zero-order valence-electron chi connectivity index (χ0n) is 17.0. The van der Waals surface area contributed by atoms with Crippen LogP contribution in [0.1, 0.15) is 18.9 Å². The maximum atomic E-state index is 12.9. The molecule has 3 rings (SSSR count). The van der Waals surface area contributed by atoms with Crippen LogP contribution in [0.3, 0.4) is 0 Å². The predicted molar refractivity (Wildman–Crippen MR) is 119 cm³/mol. The Labute approximate surface area is 181 Å². The van der Waals surface area contributed by atoms with Crippen molar-refractivity contribution >= 4 is 33.4 Å². The number of rotatable bonds is 9. The Balaban J connectivity index is 1.76. The molecular formula is C21H26N2O5S2. The molecule has 7 nitrogen and oxygen atoms in total. The van der Waals surface area contributed by atoms with Gasteiger partial charge < -0.3 is 14.8 Å². The summed E-state index contributed by atoms with van der Waals surface area (Å²) in [6, 6.07) is 11.0. The average molecular weight is 451 g/mol. The Morgan fingerprint density at radius 2 is 1.80 bits per heavy atom. The number of aryl methyl sites for hydroxylation is 1. The summed E-state index contributed by atoms with van der Waals surface area (Å²) in [4.78, 5) is 12.9. The molecule has 0 aliphatic carbocycles. The third-order valence-corrected chi connectivity index (χ3v) is 6.79. The van der Waals surface area contributed by atoms with Crippen molar-refractivity contribution in [1.82, 2.24) is 4.72 Å². The number of anilines is 1. The Kier molecular flexibility index (Phi) is 7.63. The van der Waals surface area contributed by atoms with Gasteiger partial charge in [-0.1, -0.05) is 19.1 Å². The van der Waals surface area contributed by atoms with Crippen molar-refractivity contribution in [3.8, 4) is 11.5 Å². The molecule has 162 valence electrons. The molecule has 0 fully saturated rings. The van der Waals surface area contributed by atoms with Crippen LogP contribution < -0.4 is 19.5 Å². The molecule has 30 heavy (non-hydrogen) atoms. The zero-order valence-corrected chi connectivity index (χ0v) is 18.6. The molecule has 0 bridgehead atoms. The van der Waals surface area contributed by atoms with Gasteiger partial charge >= 0.3 is 0 Å². The molecule has 0 spiro atoms. The quantitative estimate of drug-likeness (QED) is 0.610. The second-order valence-electron chi connectivity index (χ2n) is 6.80. The largest absolute Gasteiger partial charge is 0.486 e. The van der Waals surface area contributed by atoms with Gasteiger partial charge in [-0.25, -0.2) is 8.42 Å². The van der Waals surface area contributed by atoms with E-state index in [4.69, 9.17) is 9.47 Å². The third-order valence-electron chi connectivity index (χ3n) is 4.68. The molecule has 1 atom stereocenters. The van der Waals surface area contributed by atoms with Crippen LogP contribution in [-0.2, 0) is 21.2 Å². The summed E-state index contributed by atoms with van der Waals surface area (Å²) in [6.07, 6.45) is 3.18. The van der Waals surface area contributed by atoms with Crippen LogP contribution in [0.5, 0.6) is 11.5 Å². The molecule has 0 saturated carbocycles. The number of benzene rings is 2. The lowest BCUT2D eigenvalue weighted by molar-refractivity contribution is -0.117. The fourth-order valence-electron chi connectivity index (χ4n) is 2.98. The van der Waals surface area contributed by atoms with Gasteiger partial charge in [0, 0.05) is 11.8 Å². The number of nitrogens with one attached hydrogen (secondary N) is 2. The number of hydrogen-bond acceptors (Lipinski definition) is 6. The van der Waals surface area contributed by atoms with Crippen LogP contribution in [-0.4, -0.2) is 45.6 Å². The number of hydrogen-bond donors (Lipinski definition) is 2. The smallest absolute Gasteiger partial charge is 0.242 e. The van der Waals surface area contributed by atoms with Crippen LogP contribution in [0.2, 0.25) is 0 Å². The Bertz CT molecular complexity index is 977. The molecule has 1 aliphatic heterocycles. The molecule has 2 aromatic carbocycles. The predicted octanol–water partition coefficient (Wildman–Crippen LogP) is 3.06. The van der Waals surface area contributed by atoms with E-state index >= 15 is 0 Å². The maximum absolute atomic E-state index is 12.9. The van der Waals surface area contributed by atoms with Crippen molar-refractivity contribution in [3.05, 3.63) is 48.0 Å². The van der Waals surface area contributed by atoms with E-state index in [1.807, 2.05) is 30.5 Å². The normalized spacial score (nSPS) is 14.2. The third kappa shape index (κ3) is 5.68. The van der Waals surface area contributed by atoms with Gasteiger partial charge in [0.05, 0.1) is 4.90 Å². The SMILES string of the molecule is CCc1ccc(NC(=O)C(CCSC)NS(=O)(=O)c2ccc3c(c2)OCCO3)cc1. The average Bonchev–Trinajstić information content (AvgIpc) is 2.76. The van der Waals surface area contributed by atoms with Crippen molar-refractivity contribution in [1.29, 1.82) is 0 Å². The van der Waals surface area contributed by atoms with E-state index in [1.165, 1.54) is 12.1 Å². The molecule has 9 heteroatoms. The summed E-state index contributed by atoms with van der Waals surface area (Å²) in [5.41, 5.74) is 1.79. The van der Waals surface area contributed by atoms with E-state index in [-0.39, 0.29) is 4.90 Å². The van der Waals surface area contributed by atoms with Gasteiger partial charge in [0.2, 0.25) is 15.9 Å². The second kappa shape index (κ2) is 10.2. The van der Waals surface area contributed by atoms with Gasteiger partial charge in [-0.2, -0.15) is 16.5 Å². The molecular weight excluding hydrogens is 424 g/mol. The second-order valence-corrected chi connectivity index (χ2v) is 9.50. The first-order chi connectivity index (χ1) is 14.4. The molecule has 1 aliphatic rings. The topological polar surface area (TPSA) is 93.7 Å². The van der Waals surface area contributed by atoms with Gasteiger partial charge in [-0.15, -0.1) is 0 Å². The summed E-state index contributed by atoms with van der Waals surface area (Å²) in [5, 5.41) is 2.81. The molecule has 0 radical (unpaired) electrons. The van der Waals surface area contributed by atoms with Crippen molar-refractivity contribution in [3.63, 3.8) is 0 Å². The minimum absolute atomic E-state index is 0.0287. The lowest BCUT2D eigenvalue weighted by Crippen LogP contribution is -2.44. The van der Waals surface area contributed by atoms with Gasteiger partial charge in [0.15, 0.2) is 11.5 Å². The first-order valence-corrected chi connectivity index (χ1v) is 12.6. The van der Waals surface area contributed by atoms with Crippen LogP contribution in [0.15, 0.2) is 47.4 Å². The summed E-state index contributed by atoms with van der Waals surface area (Å²) in [5.74, 6) is 1.13. The Morgan fingerprint density at radius 1 is 1.10 bits per heavy atom. The molecule has 1 amide bonds. The van der Waals surface area contributed by atoms with E-state index in [1.54, 1.807) is 17.8 Å². The van der Waals surface area contributed by atoms with Crippen molar-refractivity contribution < 1.29 is 22.7 Å². The Morgan fingerprint density at radius 3 is 2.47 bits per heavy atom. The molecule has 2 N–H and O–H groups in total. The number of carbonyl (C=O) groups is 1. The molecule has 1 unspecified atom stereocenters. The standard InChI is InChI=1S/C21H26N2O5S2/c1-3-15-4-6-16(7-5-15)22-21(24)18(10-13-29-2)23-30(25,26)17-8-9-19-20(14-17)28-12-11-27-19/h4-9,14,18,23H,3,10-13H2,1-2H3,(H,22,24). The number of ether oxygens (including phenoxy) is 2. The first-order valence-electron chi connectivity index (χ1n) is 9.73. The monoisotopic (exact) mass is 450 g/mol. The molecule has 0 aromatic heterocycles.